The number of fused-ring (bicyclic) bond motifs is 2. The maximum atomic E-state index is 13.2. The molecule has 2 N–H and O–H groups in total. The highest BCUT2D eigenvalue weighted by Gasteiger charge is 2.23. The van der Waals surface area contributed by atoms with Crippen molar-refractivity contribution < 1.29 is 14.3 Å². The lowest BCUT2D eigenvalue weighted by Crippen LogP contribution is -2.34. The predicted octanol–water partition coefficient (Wildman–Crippen LogP) is 4.18. The van der Waals surface area contributed by atoms with Gasteiger partial charge in [0.2, 0.25) is 5.91 Å². The molecule has 0 aliphatic carbocycles. The highest BCUT2D eigenvalue weighted by Crippen LogP contribution is 2.32. The lowest BCUT2D eigenvalue weighted by atomic mass is 10.1. The van der Waals surface area contributed by atoms with Crippen molar-refractivity contribution in [2.24, 2.45) is 0 Å². The highest BCUT2D eigenvalue weighted by atomic mass is 32.1. The normalized spacial score (nSPS) is 14.9. The minimum atomic E-state index is -0.563. The molecule has 5 rings (SSSR count). The van der Waals surface area contributed by atoms with Crippen LogP contribution in [0.1, 0.15) is 18.9 Å². The summed E-state index contributed by atoms with van der Waals surface area (Å²) in [6, 6.07) is 13.1. The summed E-state index contributed by atoms with van der Waals surface area (Å²) >= 11 is 1.43. The van der Waals surface area contributed by atoms with Crippen molar-refractivity contribution in [3.8, 4) is 16.9 Å². The van der Waals surface area contributed by atoms with Gasteiger partial charge >= 0.3 is 0 Å². The largest absolute Gasteiger partial charge is 0.479 e. The molecule has 1 unspecified atom stereocenters. The number of ether oxygens (including phenoxy) is 1. The number of carbonyl (C=O) groups excluding carboxylic acids is 2. The maximum Gasteiger partial charge on any atom is 0.265 e. The van der Waals surface area contributed by atoms with Crippen LogP contribution in [0.25, 0.3) is 21.3 Å². The van der Waals surface area contributed by atoms with E-state index in [-0.39, 0.29) is 30.3 Å². The molecule has 2 aromatic heterocycles. The first-order valence-electron chi connectivity index (χ1n) is 10.8. The minimum absolute atomic E-state index is 0.0913. The van der Waals surface area contributed by atoms with E-state index < -0.39 is 6.10 Å². The fraction of sp³-hybridized carbons (Fsp3) is 0.200. The van der Waals surface area contributed by atoms with Gasteiger partial charge in [0.1, 0.15) is 10.6 Å². The molecule has 2 aromatic carbocycles. The van der Waals surface area contributed by atoms with Gasteiger partial charge in [-0.05, 0) is 37.6 Å². The molecule has 2 amide bonds. The van der Waals surface area contributed by atoms with Crippen molar-refractivity contribution in [2.45, 2.75) is 32.9 Å². The Balaban J connectivity index is 1.31. The number of benzene rings is 2. The summed E-state index contributed by atoms with van der Waals surface area (Å²) in [6.07, 6.45) is 1.01. The molecule has 0 saturated heterocycles. The van der Waals surface area contributed by atoms with Gasteiger partial charge in [-0.15, -0.1) is 11.3 Å². The van der Waals surface area contributed by atoms with E-state index >= 15 is 0 Å². The number of hydrogen-bond acceptors (Lipinski definition) is 6. The van der Waals surface area contributed by atoms with Gasteiger partial charge in [-0.25, -0.2) is 4.98 Å². The molecule has 3 heterocycles. The lowest BCUT2D eigenvalue weighted by Gasteiger charge is -2.23. The van der Waals surface area contributed by atoms with Crippen molar-refractivity contribution in [2.75, 3.05) is 10.6 Å². The second kappa shape index (κ2) is 8.75. The van der Waals surface area contributed by atoms with Crippen molar-refractivity contribution in [1.29, 1.82) is 0 Å². The number of rotatable bonds is 5. The van der Waals surface area contributed by atoms with Crippen LogP contribution in [-0.2, 0) is 16.1 Å². The first-order valence-corrected chi connectivity index (χ1v) is 11.7. The molecule has 9 heteroatoms. The summed E-state index contributed by atoms with van der Waals surface area (Å²) < 4.78 is 7.00. The van der Waals surface area contributed by atoms with Crippen molar-refractivity contribution in [3.63, 3.8) is 0 Å². The molecule has 0 spiro atoms. The minimum Gasteiger partial charge on any atom is -0.479 e. The van der Waals surface area contributed by atoms with Crippen LogP contribution < -0.4 is 20.9 Å². The van der Waals surface area contributed by atoms with E-state index in [1.165, 1.54) is 22.2 Å². The van der Waals surface area contributed by atoms with E-state index in [4.69, 9.17) is 4.74 Å². The Morgan fingerprint density at radius 1 is 1.21 bits per heavy atom. The molecule has 0 fully saturated rings. The number of carbonyl (C=O) groups is 2. The number of thiophene rings is 1. The van der Waals surface area contributed by atoms with Gasteiger partial charge in [0, 0.05) is 29.6 Å². The number of amides is 2. The van der Waals surface area contributed by atoms with Crippen LogP contribution >= 0.6 is 11.3 Å². The van der Waals surface area contributed by atoms with E-state index in [1.807, 2.05) is 36.6 Å². The quantitative estimate of drug-likeness (QED) is 0.452. The van der Waals surface area contributed by atoms with Crippen molar-refractivity contribution in [1.82, 2.24) is 9.55 Å². The molecule has 0 bridgehead atoms. The Hall–Kier alpha value is -3.98. The number of anilines is 2. The number of aryl methyl sites for hydroxylation is 2. The monoisotopic (exact) mass is 474 g/mol. The molecule has 1 atom stereocenters. The van der Waals surface area contributed by atoms with E-state index in [9.17, 15) is 14.4 Å². The zero-order valence-corrected chi connectivity index (χ0v) is 19.4. The molecule has 34 heavy (non-hydrogen) atoms. The van der Waals surface area contributed by atoms with E-state index in [2.05, 4.69) is 15.6 Å². The van der Waals surface area contributed by atoms with Gasteiger partial charge in [0.05, 0.1) is 17.4 Å². The second-order valence-electron chi connectivity index (χ2n) is 8.20. The summed E-state index contributed by atoms with van der Waals surface area (Å²) in [5, 5.41) is 8.07. The fourth-order valence-corrected chi connectivity index (χ4v) is 4.71. The summed E-state index contributed by atoms with van der Waals surface area (Å²) in [4.78, 5) is 42.7. The average molecular weight is 475 g/mol. The third-order valence-corrected chi connectivity index (χ3v) is 6.58. The van der Waals surface area contributed by atoms with Crippen LogP contribution in [-0.4, -0.2) is 27.5 Å². The molecule has 1 aliphatic heterocycles. The molecule has 8 nitrogen and oxygen atoms in total. The van der Waals surface area contributed by atoms with Crippen LogP contribution in [0.3, 0.4) is 0 Å². The lowest BCUT2D eigenvalue weighted by molar-refractivity contribution is -0.122. The third-order valence-electron chi connectivity index (χ3n) is 5.70. The zero-order valence-electron chi connectivity index (χ0n) is 18.6. The highest BCUT2D eigenvalue weighted by molar-refractivity contribution is 7.17. The third kappa shape index (κ3) is 4.17. The predicted molar refractivity (Wildman–Crippen MR) is 132 cm³/mol. The molecule has 4 aromatic rings. The van der Waals surface area contributed by atoms with Crippen LogP contribution in [0, 0.1) is 6.92 Å². The van der Waals surface area contributed by atoms with Crippen molar-refractivity contribution >= 4 is 44.7 Å². The molecule has 0 saturated carbocycles. The van der Waals surface area contributed by atoms with Gasteiger partial charge in [-0.2, -0.15) is 0 Å². The van der Waals surface area contributed by atoms with Gasteiger partial charge in [0.15, 0.2) is 6.10 Å². The van der Waals surface area contributed by atoms with Crippen LogP contribution in [0.2, 0.25) is 0 Å². The molecular formula is C25H22N4O4S. The van der Waals surface area contributed by atoms with Gasteiger partial charge in [-0.1, -0.05) is 29.8 Å². The standard InChI is InChI=1S/C25H22N4O4S/c1-14-3-5-16(6-4-14)18-12-34-24-22(18)25(32)29(13-26-24)10-9-21(30)27-17-7-8-20-19(11-17)28-23(31)15(2)33-20/h3-8,11-13,15H,9-10H2,1-2H3,(H,27,30)(H,28,31). The maximum absolute atomic E-state index is 13.2. The first kappa shape index (κ1) is 21.8. The van der Waals surface area contributed by atoms with E-state index in [1.54, 1.807) is 25.1 Å². The summed E-state index contributed by atoms with van der Waals surface area (Å²) in [5.74, 6) is 0.0558. The van der Waals surface area contributed by atoms with Crippen LogP contribution in [0.5, 0.6) is 5.75 Å². The SMILES string of the molecule is Cc1ccc(-c2csc3ncn(CCC(=O)Nc4ccc5c(c4)NC(=O)C(C)O5)c(=O)c23)cc1. The fourth-order valence-electron chi connectivity index (χ4n) is 3.80. The zero-order chi connectivity index (χ0) is 23.8. The Morgan fingerprint density at radius 3 is 2.79 bits per heavy atom. The van der Waals surface area contributed by atoms with Crippen LogP contribution in [0.15, 0.2) is 59.0 Å². The number of nitrogens with zero attached hydrogens (tertiary/aromatic N) is 2. The molecule has 1 aliphatic rings. The Morgan fingerprint density at radius 2 is 2.00 bits per heavy atom. The smallest absolute Gasteiger partial charge is 0.265 e. The summed E-state index contributed by atoms with van der Waals surface area (Å²) in [5.41, 5.74) is 3.83. The molecular weight excluding hydrogens is 452 g/mol. The van der Waals surface area contributed by atoms with E-state index in [0.717, 1.165) is 16.7 Å². The topological polar surface area (TPSA) is 102 Å². The Kier molecular flexibility index (Phi) is 5.62. The average Bonchev–Trinajstić information content (AvgIpc) is 3.25. The second-order valence-corrected chi connectivity index (χ2v) is 9.06. The van der Waals surface area contributed by atoms with Gasteiger partial charge in [-0.3, -0.25) is 19.0 Å². The van der Waals surface area contributed by atoms with Gasteiger partial charge < -0.3 is 15.4 Å². The first-order chi connectivity index (χ1) is 16.4. The number of nitrogens with one attached hydrogen (secondary N) is 2. The van der Waals surface area contributed by atoms with E-state index in [0.29, 0.717) is 27.3 Å². The number of aromatic nitrogens is 2. The van der Waals surface area contributed by atoms with Crippen molar-refractivity contribution in [3.05, 3.63) is 70.1 Å². The van der Waals surface area contributed by atoms with Gasteiger partial charge in [0.25, 0.3) is 11.5 Å². The number of hydrogen-bond donors (Lipinski definition) is 2. The Labute approximate surface area is 199 Å². The Bertz CT molecular complexity index is 1470. The van der Waals surface area contributed by atoms with Crippen LogP contribution in [0.4, 0.5) is 11.4 Å². The molecule has 172 valence electrons. The molecule has 0 radical (unpaired) electrons. The summed E-state index contributed by atoms with van der Waals surface area (Å²) in [6.45, 7) is 3.88. The summed E-state index contributed by atoms with van der Waals surface area (Å²) in [7, 11) is 0.